The van der Waals surface area contributed by atoms with E-state index in [0.29, 0.717) is 11.8 Å². The fourth-order valence-corrected chi connectivity index (χ4v) is 5.80. The van der Waals surface area contributed by atoms with E-state index in [2.05, 4.69) is 45.1 Å². The van der Waals surface area contributed by atoms with E-state index in [4.69, 9.17) is 9.15 Å². The molecule has 2 aromatic rings. The van der Waals surface area contributed by atoms with E-state index in [-0.39, 0.29) is 11.3 Å². The first-order chi connectivity index (χ1) is 15.2. The van der Waals surface area contributed by atoms with Crippen LogP contribution >= 0.6 is 0 Å². The number of rotatable bonds is 5. The summed E-state index contributed by atoms with van der Waals surface area (Å²) in [5, 5.41) is 0. The van der Waals surface area contributed by atoms with Gasteiger partial charge in [-0.2, -0.15) is 0 Å². The highest BCUT2D eigenvalue weighted by molar-refractivity contribution is 5.79. The molecule has 166 valence electrons. The summed E-state index contributed by atoms with van der Waals surface area (Å²) in [6, 6.07) is 10.7. The van der Waals surface area contributed by atoms with Gasteiger partial charge in [0.15, 0.2) is 5.89 Å². The zero-order valence-electron chi connectivity index (χ0n) is 18.2. The van der Waals surface area contributed by atoms with Crippen molar-refractivity contribution in [1.29, 1.82) is 0 Å². The number of aromatic nitrogens is 1. The number of benzene rings is 1. The Balaban J connectivity index is 1.25. The van der Waals surface area contributed by atoms with Crippen molar-refractivity contribution in [2.24, 2.45) is 11.3 Å². The summed E-state index contributed by atoms with van der Waals surface area (Å²) in [6.45, 7) is 6.23. The summed E-state index contributed by atoms with van der Waals surface area (Å²) < 4.78 is 11.2. The standard InChI is InChI=1S/C25H33N3O3/c29-24(21-7-15-30-16-8-21)28-13-9-25(10-14-28)19-27(12-6-20-4-2-1-3-5-20)18-22(25)23-26-11-17-31-23/h1-5,11,17,21-22H,6-10,12-16,18-19H2. The van der Waals surface area contributed by atoms with Gasteiger partial charge in [-0.1, -0.05) is 30.3 Å². The Hall–Kier alpha value is -2.18. The molecule has 3 aliphatic rings. The summed E-state index contributed by atoms with van der Waals surface area (Å²) in [5.74, 6) is 1.66. The molecule has 0 aliphatic carbocycles. The van der Waals surface area contributed by atoms with Crippen LogP contribution in [0.2, 0.25) is 0 Å². The van der Waals surface area contributed by atoms with E-state index in [1.54, 1.807) is 12.5 Å². The third-order valence-corrected chi connectivity index (χ3v) is 7.67. The topological polar surface area (TPSA) is 58.8 Å². The first kappa shape index (κ1) is 20.7. The predicted octanol–water partition coefficient (Wildman–Crippen LogP) is 3.35. The van der Waals surface area contributed by atoms with Crippen molar-refractivity contribution in [3.63, 3.8) is 0 Å². The molecular weight excluding hydrogens is 390 g/mol. The number of hydrogen-bond acceptors (Lipinski definition) is 5. The number of carbonyl (C=O) groups is 1. The van der Waals surface area contributed by atoms with Crippen molar-refractivity contribution >= 4 is 5.91 Å². The van der Waals surface area contributed by atoms with E-state index in [0.717, 1.165) is 83.9 Å². The van der Waals surface area contributed by atoms with Gasteiger partial charge in [-0.15, -0.1) is 0 Å². The molecule has 0 radical (unpaired) electrons. The Bertz CT molecular complexity index is 840. The number of nitrogens with zero attached hydrogens (tertiary/aromatic N) is 3. The van der Waals surface area contributed by atoms with Crippen molar-refractivity contribution in [3.8, 4) is 0 Å². The number of oxazole rings is 1. The molecular formula is C25H33N3O3. The molecule has 3 saturated heterocycles. The number of piperidine rings is 1. The summed E-state index contributed by atoms with van der Waals surface area (Å²) in [4.78, 5) is 22.3. The maximum Gasteiger partial charge on any atom is 0.225 e. The quantitative estimate of drug-likeness (QED) is 0.738. The molecule has 1 aromatic carbocycles. The second kappa shape index (κ2) is 9.13. The summed E-state index contributed by atoms with van der Waals surface area (Å²) in [5.41, 5.74) is 1.53. The zero-order valence-corrected chi connectivity index (χ0v) is 18.2. The van der Waals surface area contributed by atoms with Gasteiger partial charge < -0.3 is 19.0 Å². The fourth-order valence-electron chi connectivity index (χ4n) is 5.80. The Labute approximate surface area is 184 Å². The van der Waals surface area contributed by atoms with Crippen molar-refractivity contribution in [2.75, 3.05) is 45.9 Å². The Kier molecular flexibility index (Phi) is 6.10. The lowest BCUT2D eigenvalue weighted by molar-refractivity contribution is -0.141. The van der Waals surface area contributed by atoms with Crippen molar-refractivity contribution < 1.29 is 13.9 Å². The van der Waals surface area contributed by atoms with Gasteiger partial charge in [-0.25, -0.2) is 4.98 Å². The van der Waals surface area contributed by atoms with Crippen LogP contribution in [0, 0.1) is 11.3 Å². The molecule has 6 nitrogen and oxygen atoms in total. The minimum Gasteiger partial charge on any atom is -0.449 e. The van der Waals surface area contributed by atoms with E-state index < -0.39 is 0 Å². The van der Waals surface area contributed by atoms with Crippen LogP contribution in [0.5, 0.6) is 0 Å². The molecule has 5 rings (SSSR count). The van der Waals surface area contributed by atoms with Crippen LogP contribution in [0.15, 0.2) is 47.2 Å². The highest BCUT2D eigenvalue weighted by Crippen LogP contribution is 2.49. The maximum absolute atomic E-state index is 13.0. The van der Waals surface area contributed by atoms with Gasteiger partial charge in [-0.3, -0.25) is 4.79 Å². The molecule has 31 heavy (non-hydrogen) atoms. The van der Waals surface area contributed by atoms with Gasteiger partial charge in [-0.05, 0) is 43.1 Å². The summed E-state index contributed by atoms with van der Waals surface area (Å²) in [7, 11) is 0. The Morgan fingerprint density at radius 1 is 1.13 bits per heavy atom. The first-order valence-electron chi connectivity index (χ1n) is 11.8. The van der Waals surface area contributed by atoms with Crippen LogP contribution in [0.25, 0.3) is 0 Å². The number of likely N-dealkylation sites (tertiary alicyclic amines) is 2. The van der Waals surface area contributed by atoms with Crippen LogP contribution in [0.1, 0.15) is 43.1 Å². The van der Waals surface area contributed by atoms with Crippen molar-refractivity contribution in [1.82, 2.24) is 14.8 Å². The number of hydrogen-bond donors (Lipinski definition) is 0. The average molecular weight is 424 g/mol. The van der Waals surface area contributed by atoms with Crippen LogP contribution in [-0.4, -0.2) is 66.6 Å². The second-order valence-corrected chi connectivity index (χ2v) is 9.47. The third-order valence-electron chi connectivity index (χ3n) is 7.67. The number of amides is 1. The molecule has 1 atom stereocenters. The molecule has 3 fully saturated rings. The molecule has 1 aromatic heterocycles. The van der Waals surface area contributed by atoms with Crippen molar-refractivity contribution in [3.05, 3.63) is 54.2 Å². The molecule has 0 saturated carbocycles. The fraction of sp³-hybridized carbons (Fsp3) is 0.600. The van der Waals surface area contributed by atoms with Crippen LogP contribution < -0.4 is 0 Å². The molecule has 0 bridgehead atoms. The van der Waals surface area contributed by atoms with Crippen LogP contribution in [0.3, 0.4) is 0 Å². The molecule has 3 aliphatic heterocycles. The average Bonchev–Trinajstić information content (AvgIpc) is 3.47. The highest BCUT2D eigenvalue weighted by Gasteiger charge is 2.51. The largest absolute Gasteiger partial charge is 0.449 e. The smallest absolute Gasteiger partial charge is 0.225 e. The summed E-state index contributed by atoms with van der Waals surface area (Å²) in [6.07, 6.45) is 8.30. The minimum atomic E-state index is 0.147. The van der Waals surface area contributed by atoms with Crippen LogP contribution in [0.4, 0.5) is 0 Å². The van der Waals surface area contributed by atoms with E-state index in [1.165, 1.54) is 5.56 Å². The minimum absolute atomic E-state index is 0.147. The lowest BCUT2D eigenvalue weighted by atomic mass is 9.70. The van der Waals surface area contributed by atoms with Crippen LogP contribution in [-0.2, 0) is 16.0 Å². The van der Waals surface area contributed by atoms with Gasteiger partial charge in [0.2, 0.25) is 5.91 Å². The molecule has 6 heteroatoms. The second-order valence-electron chi connectivity index (χ2n) is 9.47. The Morgan fingerprint density at radius 2 is 1.90 bits per heavy atom. The highest BCUT2D eigenvalue weighted by atomic mass is 16.5. The molecule has 0 N–H and O–H groups in total. The monoisotopic (exact) mass is 423 g/mol. The number of ether oxygens (including phenoxy) is 1. The summed E-state index contributed by atoms with van der Waals surface area (Å²) >= 11 is 0. The lowest BCUT2D eigenvalue weighted by Crippen LogP contribution is -2.48. The lowest BCUT2D eigenvalue weighted by Gasteiger charge is -2.43. The normalized spacial score (nSPS) is 24.6. The third kappa shape index (κ3) is 4.41. The molecule has 4 heterocycles. The first-order valence-corrected chi connectivity index (χ1v) is 11.8. The van der Waals surface area contributed by atoms with Crippen molar-refractivity contribution in [2.45, 2.75) is 38.0 Å². The van der Waals surface area contributed by atoms with Gasteiger partial charge in [0.05, 0.1) is 12.1 Å². The SMILES string of the molecule is O=C(C1CCOCC1)N1CCC2(CC1)CN(CCc1ccccc1)CC2c1ncco1. The Morgan fingerprint density at radius 3 is 2.61 bits per heavy atom. The van der Waals surface area contributed by atoms with Gasteiger partial charge in [0, 0.05) is 51.9 Å². The van der Waals surface area contributed by atoms with E-state index >= 15 is 0 Å². The van der Waals surface area contributed by atoms with Gasteiger partial charge >= 0.3 is 0 Å². The van der Waals surface area contributed by atoms with Gasteiger partial charge in [0.25, 0.3) is 0 Å². The maximum atomic E-state index is 13.0. The van der Waals surface area contributed by atoms with Gasteiger partial charge in [0.1, 0.15) is 6.26 Å². The zero-order chi connectivity index (χ0) is 21.1. The molecule has 1 amide bonds. The molecule has 1 spiro atoms. The number of carbonyl (C=O) groups excluding carboxylic acids is 1. The van der Waals surface area contributed by atoms with E-state index in [9.17, 15) is 4.79 Å². The predicted molar refractivity (Wildman–Crippen MR) is 118 cm³/mol. The van der Waals surface area contributed by atoms with E-state index in [1.807, 2.05) is 0 Å². The molecule has 1 unspecified atom stereocenters.